The summed E-state index contributed by atoms with van der Waals surface area (Å²) in [6.07, 6.45) is 5.68. The molecule has 1 aromatic carbocycles. The second-order valence-corrected chi connectivity index (χ2v) is 7.88. The Morgan fingerprint density at radius 1 is 1.20 bits per heavy atom. The fourth-order valence-electron chi connectivity index (χ4n) is 3.95. The molecule has 0 saturated carbocycles. The maximum atomic E-state index is 5.26. The number of nitrogens with one attached hydrogen (secondary N) is 1. The Morgan fingerprint density at radius 3 is 2.63 bits per heavy atom. The highest BCUT2D eigenvalue weighted by Crippen LogP contribution is 2.19. The van der Waals surface area contributed by atoms with E-state index in [4.69, 9.17) is 9.73 Å². The SMILES string of the molecule is COc1ccc(CN=C(NCc2nnc(C)n2C)N2CCC(N3CC=CC3)C2)cc1. The molecule has 0 bridgehead atoms. The predicted molar refractivity (Wildman–Crippen MR) is 117 cm³/mol. The van der Waals surface area contributed by atoms with Crippen LogP contribution in [0.25, 0.3) is 0 Å². The molecule has 1 fully saturated rings. The minimum Gasteiger partial charge on any atom is -0.497 e. The summed E-state index contributed by atoms with van der Waals surface area (Å²) in [7, 11) is 3.68. The van der Waals surface area contributed by atoms with Crippen LogP contribution in [-0.2, 0) is 20.1 Å². The van der Waals surface area contributed by atoms with Crippen LogP contribution < -0.4 is 10.1 Å². The number of aromatic nitrogens is 3. The van der Waals surface area contributed by atoms with Gasteiger partial charge in [-0.1, -0.05) is 24.3 Å². The van der Waals surface area contributed by atoms with Crippen molar-refractivity contribution in [3.05, 3.63) is 53.6 Å². The van der Waals surface area contributed by atoms with Crippen molar-refractivity contribution >= 4 is 5.96 Å². The lowest BCUT2D eigenvalue weighted by Gasteiger charge is -2.25. The minimum absolute atomic E-state index is 0.574. The van der Waals surface area contributed by atoms with E-state index >= 15 is 0 Å². The fourth-order valence-corrected chi connectivity index (χ4v) is 3.95. The van der Waals surface area contributed by atoms with Crippen molar-refractivity contribution in [1.29, 1.82) is 0 Å². The zero-order valence-corrected chi connectivity index (χ0v) is 18.1. The van der Waals surface area contributed by atoms with E-state index in [1.54, 1.807) is 7.11 Å². The first-order chi connectivity index (χ1) is 14.6. The Bertz CT molecular complexity index is 895. The van der Waals surface area contributed by atoms with Crippen LogP contribution in [0.4, 0.5) is 0 Å². The molecule has 30 heavy (non-hydrogen) atoms. The molecule has 2 aromatic rings. The fraction of sp³-hybridized carbons (Fsp3) is 0.500. The Kier molecular flexibility index (Phi) is 6.32. The van der Waals surface area contributed by atoms with Crippen LogP contribution in [0.5, 0.6) is 5.75 Å². The molecule has 1 saturated heterocycles. The van der Waals surface area contributed by atoms with Crippen molar-refractivity contribution in [2.24, 2.45) is 12.0 Å². The third-order valence-electron chi connectivity index (χ3n) is 5.98. The second kappa shape index (κ2) is 9.30. The number of nitrogens with zero attached hydrogens (tertiary/aromatic N) is 6. The van der Waals surface area contributed by atoms with Gasteiger partial charge in [-0.2, -0.15) is 0 Å². The van der Waals surface area contributed by atoms with E-state index < -0.39 is 0 Å². The average Bonchev–Trinajstić information content (AvgIpc) is 3.52. The van der Waals surface area contributed by atoms with Crippen LogP contribution >= 0.6 is 0 Å². The highest BCUT2D eigenvalue weighted by molar-refractivity contribution is 5.80. The molecule has 2 aliphatic rings. The average molecular weight is 410 g/mol. The monoisotopic (exact) mass is 409 g/mol. The number of guanidine groups is 1. The smallest absolute Gasteiger partial charge is 0.194 e. The quantitative estimate of drug-likeness (QED) is 0.445. The lowest BCUT2D eigenvalue weighted by Crippen LogP contribution is -2.43. The van der Waals surface area contributed by atoms with E-state index in [2.05, 4.69) is 49.6 Å². The Hall–Kier alpha value is -2.87. The van der Waals surface area contributed by atoms with Gasteiger partial charge in [-0.25, -0.2) is 4.99 Å². The number of aliphatic imine (C=N–C) groups is 1. The van der Waals surface area contributed by atoms with E-state index in [9.17, 15) is 0 Å². The summed E-state index contributed by atoms with van der Waals surface area (Å²) >= 11 is 0. The van der Waals surface area contributed by atoms with Crippen LogP contribution in [0.3, 0.4) is 0 Å². The molecule has 1 atom stereocenters. The van der Waals surface area contributed by atoms with Crippen LogP contribution in [0, 0.1) is 6.92 Å². The molecular formula is C22H31N7O. The van der Waals surface area contributed by atoms with Crippen molar-refractivity contribution in [2.75, 3.05) is 33.3 Å². The zero-order valence-electron chi connectivity index (χ0n) is 18.1. The molecule has 8 nitrogen and oxygen atoms in total. The van der Waals surface area contributed by atoms with Crippen molar-refractivity contribution < 1.29 is 4.74 Å². The van der Waals surface area contributed by atoms with Gasteiger partial charge in [0.2, 0.25) is 0 Å². The first-order valence-electron chi connectivity index (χ1n) is 10.5. The number of likely N-dealkylation sites (tertiary alicyclic amines) is 1. The van der Waals surface area contributed by atoms with Crippen LogP contribution in [-0.4, -0.2) is 69.9 Å². The summed E-state index contributed by atoms with van der Waals surface area (Å²) in [6, 6.07) is 8.66. The molecule has 0 radical (unpaired) electrons. The van der Waals surface area contributed by atoms with Gasteiger partial charge in [0.05, 0.1) is 20.2 Å². The lowest BCUT2D eigenvalue weighted by atomic mass is 10.2. The summed E-state index contributed by atoms with van der Waals surface area (Å²) in [4.78, 5) is 9.85. The normalized spacial score (nSPS) is 19.6. The molecule has 1 aromatic heterocycles. The van der Waals surface area contributed by atoms with Gasteiger partial charge in [0.15, 0.2) is 11.8 Å². The largest absolute Gasteiger partial charge is 0.497 e. The maximum absolute atomic E-state index is 5.26. The molecule has 160 valence electrons. The summed E-state index contributed by atoms with van der Waals surface area (Å²) in [5.41, 5.74) is 1.16. The van der Waals surface area contributed by atoms with Crippen LogP contribution in [0.15, 0.2) is 41.4 Å². The molecule has 0 amide bonds. The number of ether oxygens (including phenoxy) is 1. The summed E-state index contributed by atoms with van der Waals surface area (Å²) in [5, 5.41) is 12.0. The number of benzene rings is 1. The molecule has 8 heteroatoms. The first kappa shape index (κ1) is 20.4. The van der Waals surface area contributed by atoms with Crippen molar-refractivity contribution in [3.63, 3.8) is 0 Å². The Balaban J connectivity index is 1.45. The van der Waals surface area contributed by atoms with Crippen LogP contribution in [0.1, 0.15) is 23.6 Å². The molecular weight excluding hydrogens is 378 g/mol. The minimum atomic E-state index is 0.574. The first-order valence-corrected chi connectivity index (χ1v) is 10.5. The Morgan fingerprint density at radius 2 is 1.97 bits per heavy atom. The van der Waals surface area contributed by atoms with Gasteiger partial charge in [0, 0.05) is 39.3 Å². The lowest BCUT2D eigenvalue weighted by molar-refractivity contribution is 0.259. The van der Waals surface area contributed by atoms with Gasteiger partial charge in [0.25, 0.3) is 0 Å². The van der Waals surface area contributed by atoms with E-state index in [-0.39, 0.29) is 0 Å². The zero-order chi connectivity index (χ0) is 20.9. The molecule has 2 aliphatic heterocycles. The standard InChI is InChI=1S/C22H31N7O/c1-17-25-26-21(27(17)2)15-24-22(23-14-18-6-8-20(30-3)9-7-18)29-13-10-19(16-29)28-11-4-5-12-28/h4-9,19H,10-16H2,1-3H3,(H,23,24). The van der Waals surface area contributed by atoms with Crippen molar-refractivity contribution in [3.8, 4) is 5.75 Å². The number of methoxy groups -OCH3 is 1. The Labute approximate surface area is 178 Å². The second-order valence-electron chi connectivity index (χ2n) is 7.88. The van der Waals surface area contributed by atoms with Gasteiger partial charge in [-0.15, -0.1) is 10.2 Å². The van der Waals surface area contributed by atoms with E-state index in [0.717, 1.165) is 61.5 Å². The molecule has 1 N–H and O–H groups in total. The van der Waals surface area contributed by atoms with Gasteiger partial charge in [0.1, 0.15) is 11.6 Å². The van der Waals surface area contributed by atoms with Gasteiger partial charge in [-0.05, 0) is 31.0 Å². The highest BCUT2D eigenvalue weighted by atomic mass is 16.5. The molecule has 0 spiro atoms. The molecule has 1 unspecified atom stereocenters. The predicted octanol–water partition coefficient (Wildman–Crippen LogP) is 1.72. The third kappa shape index (κ3) is 4.64. The van der Waals surface area contributed by atoms with E-state index in [1.165, 1.54) is 0 Å². The number of rotatable bonds is 6. The number of hydrogen-bond donors (Lipinski definition) is 1. The van der Waals surface area contributed by atoms with E-state index in [0.29, 0.717) is 19.1 Å². The number of hydrogen-bond acceptors (Lipinski definition) is 5. The maximum Gasteiger partial charge on any atom is 0.194 e. The van der Waals surface area contributed by atoms with Crippen molar-refractivity contribution in [1.82, 2.24) is 29.9 Å². The van der Waals surface area contributed by atoms with Crippen molar-refractivity contribution in [2.45, 2.75) is 32.5 Å². The topological polar surface area (TPSA) is 70.8 Å². The molecule has 3 heterocycles. The molecule has 4 rings (SSSR count). The summed E-state index contributed by atoms with van der Waals surface area (Å²) in [6.45, 7) is 7.30. The number of aryl methyl sites for hydroxylation is 1. The summed E-state index contributed by atoms with van der Waals surface area (Å²) in [5.74, 6) is 3.61. The van der Waals surface area contributed by atoms with Gasteiger partial charge in [-0.3, -0.25) is 4.90 Å². The highest BCUT2D eigenvalue weighted by Gasteiger charge is 2.29. The van der Waals surface area contributed by atoms with E-state index in [1.807, 2.05) is 30.7 Å². The summed E-state index contributed by atoms with van der Waals surface area (Å²) < 4.78 is 7.27. The van der Waals surface area contributed by atoms with Gasteiger partial charge >= 0.3 is 0 Å². The van der Waals surface area contributed by atoms with Crippen LogP contribution in [0.2, 0.25) is 0 Å². The molecule has 0 aliphatic carbocycles. The van der Waals surface area contributed by atoms with Gasteiger partial charge < -0.3 is 19.5 Å². The third-order valence-corrected chi connectivity index (χ3v) is 5.98.